The number of aliphatic hydroxyl groups is 1. The molecule has 0 bridgehead atoms. The minimum atomic E-state index is -0.547. The van der Waals surface area contributed by atoms with Crippen molar-refractivity contribution in [2.75, 3.05) is 19.6 Å². The number of aliphatic hydroxyl groups excluding tert-OH is 1. The van der Waals surface area contributed by atoms with E-state index in [0.717, 1.165) is 6.54 Å². The number of para-hydroxylation sites is 1. The lowest BCUT2D eigenvalue weighted by Gasteiger charge is -2.18. The van der Waals surface area contributed by atoms with Crippen molar-refractivity contribution in [1.82, 2.24) is 10.6 Å². The highest BCUT2D eigenvalue weighted by molar-refractivity contribution is 5.80. The van der Waals surface area contributed by atoms with Gasteiger partial charge in [-0.2, -0.15) is 0 Å². The Labute approximate surface area is 113 Å². The SMILES string of the molecule is CC(Oc1ccccc1)C(=O)NCC1CNCC1O. The molecule has 3 unspecified atom stereocenters. The van der Waals surface area contributed by atoms with Crippen LogP contribution in [0.3, 0.4) is 0 Å². The lowest BCUT2D eigenvalue weighted by atomic mass is 10.1. The fourth-order valence-corrected chi connectivity index (χ4v) is 2.06. The molecule has 3 atom stereocenters. The summed E-state index contributed by atoms with van der Waals surface area (Å²) in [5.74, 6) is 0.587. The van der Waals surface area contributed by atoms with Gasteiger partial charge >= 0.3 is 0 Å². The van der Waals surface area contributed by atoms with Gasteiger partial charge in [0.15, 0.2) is 6.10 Å². The van der Waals surface area contributed by atoms with Gasteiger partial charge in [-0.1, -0.05) is 18.2 Å². The van der Waals surface area contributed by atoms with Gasteiger partial charge in [0.25, 0.3) is 5.91 Å². The molecule has 1 aliphatic heterocycles. The number of hydrogen-bond donors (Lipinski definition) is 3. The van der Waals surface area contributed by atoms with Crippen molar-refractivity contribution in [3.8, 4) is 5.75 Å². The van der Waals surface area contributed by atoms with Crippen LogP contribution < -0.4 is 15.4 Å². The van der Waals surface area contributed by atoms with Crippen LogP contribution in [0.1, 0.15) is 6.92 Å². The van der Waals surface area contributed by atoms with Crippen LogP contribution in [0.25, 0.3) is 0 Å². The van der Waals surface area contributed by atoms with E-state index in [9.17, 15) is 9.90 Å². The van der Waals surface area contributed by atoms with Crippen molar-refractivity contribution < 1.29 is 14.6 Å². The summed E-state index contributed by atoms with van der Waals surface area (Å²) in [5, 5.41) is 15.5. The van der Waals surface area contributed by atoms with E-state index < -0.39 is 6.10 Å². The van der Waals surface area contributed by atoms with Crippen LogP contribution in [-0.4, -0.2) is 42.9 Å². The highest BCUT2D eigenvalue weighted by Gasteiger charge is 2.26. The van der Waals surface area contributed by atoms with Gasteiger partial charge in [0.2, 0.25) is 0 Å². The summed E-state index contributed by atoms with van der Waals surface area (Å²) in [6.45, 7) is 3.51. The van der Waals surface area contributed by atoms with Crippen LogP contribution in [0, 0.1) is 5.92 Å². The first-order valence-corrected chi connectivity index (χ1v) is 6.55. The first kappa shape index (κ1) is 13.8. The van der Waals surface area contributed by atoms with E-state index in [0.29, 0.717) is 18.8 Å². The summed E-state index contributed by atoms with van der Waals surface area (Å²) in [7, 11) is 0. The molecule has 2 rings (SSSR count). The number of benzene rings is 1. The number of nitrogens with one attached hydrogen (secondary N) is 2. The predicted octanol–water partition coefficient (Wildman–Crippen LogP) is 0.150. The third kappa shape index (κ3) is 3.94. The van der Waals surface area contributed by atoms with Crippen LogP contribution in [0.5, 0.6) is 5.75 Å². The number of rotatable bonds is 5. The van der Waals surface area contributed by atoms with Gasteiger partial charge in [-0.05, 0) is 19.1 Å². The normalized spacial score (nSPS) is 23.9. The zero-order valence-corrected chi connectivity index (χ0v) is 11.0. The first-order chi connectivity index (χ1) is 9.16. The molecule has 3 N–H and O–H groups in total. The molecule has 0 spiro atoms. The van der Waals surface area contributed by atoms with Gasteiger partial charge in [0.1, 0.15) is 5.75 Å². The average Bonchev–Trinajstić information content (AvgIpc) is 2.82. The second-order valence-corrected chi connectivity index (χ2v) is 4.80. The summed E-state index contributed by atoms with van der Waals surface area (Å²) < 4.78 is 5.53. The lowest BCUT2D eigenvalue weighted by molar-refractivity contribution is -0.127. The Kier molecular flexibility index (Phi) is 4.76. The quantitative estimate of drug-likeness (QED) is 0.708. The number of carbonyl (C=O) groups excluding carboxylic acids is 1. The van der Waals surface area contributed by atoms with E-state index >= 15 is 0 Å². The minimum absolute atomic E-state index is 0.0767. The molecule has 0 aromatic heterocycles. The Hall–Kier alpha value is -1.59. The molecule has 19 heavy (non-hydrogen) atoms. The third-order valence-electron chi connectivity index (χ3n) is 3.27. The summed E-state index contributed by atoms with van der Waals surface area (Å²) >= 11 is 0. The van der Waals surface area contributed by atoms with E-state index in [4.69, 9.17) is 4.74 Å². The summed E-state index contributed by atoms with van der Waals surface area (Å²) in [6, 6.07) is 9.25. The van der Waals surface area contributed by atoms with Crippen molar-refractivity contribution in [2.45, 2.75) is 19.1 Å². The van der Waals surface area contributed by atoms with Gasteiger partial charge in [0, 0.05) is 25.6 Å². The molecule has 1 saturated heterocycles. The predicted molar refractivity (Wildman–Crippen MR) is 71.9 cm³/mol. The maximum Gasteiger partial charge on any atom is 0.260 e. The Morgan fingerprint density at radius 3 is 2.84 bits per heavy atom. The second-order valence-electron chi connectivity index (χ2n) is 4.80. The largest absolute Gasteiger partial charge is 0.481 e. The standard InChI is InChI=1S/C14H20N2O3/c1-10(19-12-5-3-2-4-6-12)14(18)16-8-11-7-15-9-13(11)17/h2-6,10-11,13,15,17H,7-9H2,1H3,(H,16,18). The Bertz CT molecular complexity index is 410. The summed E-state index contributed by atoms with van der Waals surface area (Å²) in [6.07, 6.45) is -0.931. The molecule has 1 aromatic rings. The number of ether oxygens (including phenoxy) is 1. The van der Waals surface area contributed by atoms with Crippen molar-refractivity contribution in [1.29, 1.82) is 0 Å². The maximum atomic E-state index is 11.9. The Balaban J connectivity index is 1.76. The molecular formula is C14H20N2O3. The zero-order chi connectivity index (χ0) is 13.7. The van der Waals surface area contributed by atoms with Crippen molar-refractivity contribution >= 4 is 5.91 Å². The molecule has 0 saturated carbocycles. The number of hydrogen-bond acceptors (Lipinski definition) is 4. The molecule has 1 fully saturated rings. The second kappa shape index (κ2) is 6.54. The fourth-order valence-electron chi connectivity index (χ4n) is 2.06. The van der Waals surface area contributed by atoms with Crippen molar-refractivity contribution in [2.24, 2.45) is 5.92 Å². The molecule has 5 heteroatoms. The average molecular weight is 264 g/mol. The van der Waals surface area contributed by atoms with E-state index in [1.807, 2.05) is 30.3 Å². The van der Waals surface area contributed by atoms with Crippen LogP contribution in [0.2, 0.25) is 0 Å². The van der Waals surface area contributed by atoms with Gasteiger partial charge in [-0.25, -0.2) is 0 Å². The maximum absolute atomic E-state index is 11.9. The van der Waals surface area contributed by atoms with Crippen LogP contribution in [-0.2, 0) is 4.79 Å². The highest BCUT2D eigenvalue weighted by Crippen LogP contribution is 2.11. The van der Waals surface area contributed by atoms with Gasteiger partial charge in [-0.15, -0.1) is 0 Å². The van der Waals surface area contributed by atoms with E-state index in [-0.39, 0.29) is 17.9 Å². The first-order valence-electron chi connectivity index (χ1n) is 6.55. The zero-order valence-electron chi connectivity index (χ0n) is 11.0. The van der Waals surface area contributed by atoms with Crippen molar-refractivity contribution in [3.05, 3.63) is 30.3 Å². The smallest absolute Gasteiger partial charge is 0.260 e. The molecule has 1 amide bonds. The number of carbonyl (C=O) groups is 1. The topological polar surface area (TPSA) is 70.6 Å². The van der Waals surface area contributed by atoms with E-state index in [1.54, 1.807) is 6.92 Å². The number of β-amino-alcohol motifs (C(OH)–C–C–N with tert-alkyl or cyclic N) is 1. The third-order valence-corrected chi connectivity index (χ3v) is 3.27. The van der Waals surface area contributed by atoms with Gasteiger partial charge in [-0.3, -0.25) is 4.79 Å². The van der Waals surface area contributed by atoms with Gasteiger partial charge in [0.05, 0.1) is 6.10 Å². The molecule has 5 nitrogen and oxygen atoms in total. The van der Waals surface area contributed by atoms with E-state index in [1.165, 1.54) is 0 Å². The summed E-state index contributed by atoms with van der Waals surface area (Å²) in [4.78, 5) is 11.9. The minimum Gasteiger partial charge on any atom is -0.481 e. The molecule has 0 radical (unpaired) electrons. The monoisotopic (exact) mass is 264 g/mol. The molecule has 104 valence electrons. The molecular weight excluding hydrogens is 244 g/mol. The van der Waals surface area contributed by atoms with Gasteiger partial charge < -0.3 is 20.5 Å². The van der Waals surface area contributed by atoms with Crippen LogP contribution in [0.4, 0.5) is 0 Å². The van der Waals surface area contributed by atoms with Crippen LogP contribution >= 0.6 is 0 Å². The fraction of sp³-hybridized carbons (Fsp3) is 0.500. The summed E-state index contributed by atoms with van der Waals surface area (Å²) in [5.41, 5.74) is 0. The Morgan fingerprint density at radius 1 is 1.47 bits per heavy atom. The van der Waals surface area contributed by atoms with Crippen LogP contribution in [0.15, 0.2) is 30.3 Å². The lowest BCUT2D eigenvalue weighted by Crippen LogP contribution is -2.41. The molecule has 1 heterocycles. The molecule has 1 aromatic carbocycles. The van der Waals surface area contributed by atoms with E-state index in [2.05, 4.69) is 10.6 Å². The Morgan fingerprint density at radius 2 is 2.21 bits per heavy atom. The molecule has 1 aliphatic rings. The highest BCUT2D eigenvalue weighted by atomic mass is 16.5. The number of amides is 1. The van der Waals surface area contributed by atoms with Crippen molar-refractivity contribution in [3.63, 3.8) is 0 Å². The molecule has 0 aliphatic carbocycles.